The van der Waals surface area contributed by atoms with E-state index in [0.717, 1.165) is 17.7 Å². The molecule has 94 valence electrons. The fraction of sp³-hybridized carbons (Fsp3) is 0.500. The van der Waals surface area contributed by atoms with Crippen molar-refractivity contribution in [1.29, 1.82) is 0 Å². The maximum Gasteiger partial charge on any atom is 0.241 e. The van der Waals surface area contributed by atoms with Gasteiger partial charge in [0.15, 0.2) is 0 Å². The molecule has 0 radical (unpaired) electrons. The highest BCUT2D eigenvalue weighted by molar-refractivity contribution is 6.29. The molecule has 1 amide bonds. The van der Waals surface area contributed by atoms with Crippen LogP contribution in [0.25, 0.3) is 0 Å². The number of carbonyl (C=O) groups is 1. The second-order valence-corrected chi connectivity index (χ2v) is 4.68. The third-order valence-corrected chi connectivity index (χ3v) is 3.46. The summed E-state index contributed by atoms with van der Waals surface area (Å²) in [6.07, 6.45) is 1.05. The van der Waals surface area contributed by atoms with Crippen molar-refractivity contribution >= 4 is 23.2 Å². The van der Waals surface area contributed by atoms with Gasteiger partial charge in [-0.05, 0) is 30.4 Å². The molecule has 1 rings (SSSR count). The van der Waals surface area contributed by atoms with Crippen LogP contribution in [0.15, 0.2) is 18.2 Å². The fourth-order valence-electron chi connectivity index (χ4n) is 1.97. The quantitative estimate of drug-likeness (QED) is 0.749. The molecule has 17 heavy (non-hydrogen) atoms. The highest BCUT2D eigenvalue weighted by Gasteiger charge is 2.18. The molecule has 1 atom stereocenters. The third kappa shape index (κ3) is 3.01. The summed E-state index contributed by atoms with van der Waals surface area (Å²) in [6, 6.07) is 6.16. The van der Waals surface area contributed by atoms with Gasteiger partial charge in [-0.2, -0.15) is 0 Å². The van der Waals surface area contributed by atoms with Crippen LogP contribution in [-0.2, 0) is 4.79 Å². The number of hydrogen-bond donors (Lipinski definition) is 0. The molecule has 0 heterocycles. The number of hydrogen-bond acceptors (Lipinski definition) is 1. The Morgan fingerprint density at radius 1 is 1.47 bits per heavy atom. The lowest BCUT2D eigenvalue weighted by Gasteiger charge is -2.24. The fourth-order valence-corrected chi connectivity index (χ4v) is 2.15. The molecule has 2 nitrogen and oxygen atoms in total. The smallest absolute Gasteiger partial charge is 0.241 e. The van der Waals surface area contributed by atoms with E-state index in [-0.39, 0.29) is 11.8 Å². The number of halogens is 1. The Morgan fingerprint density at radius 3 is 2.65 bits per heavy atom. The normalized spacial score (nSPS) is 12.3. The van der Waals surface area contributed by atoms with Crippen LogP contribution in [-0.4, -0.2) is 18.8 Å². The lowest BCUT2D eigenvalue weighted by Crippen LogP contribution is -2.29. The van der Waals surface area contributed by atoms with E-state index in [4.69, 9.17) is 11.6 Å². The Morgan fingerprint density at radius 2 is 2.12 bits per heavy atom. The summed E-state index contributed by atoms with van der Waals surface area (Å²) in [5.74, 6) is 0.395. The lowest BCUT2D eigenvalue weighted by atomic mass is 9.94. The van der Waals surface area contributed by atoms with E-state index in [1.165, 1.54) is 5.56 Å². The van der Waals surface area contributed by atoms with Gasteiger partial charge in [0.25, 0.3) is 0 Å². The van der Waals surface area contributed by atoms with Gasteiger partial charge in [-0.3, -0.25) is 4.79 Å². The maximum atomic E-state index is 11.7. The highest BCUT2D eigenvalue weighted by atomic mass is 35.5. The van der Waals surface area contributed by atoms with Crippen molar-refractivity contribution in [3.8, 4) is 0 Å². The first-order valence-corrected chi connectivity index (χ1v) is 6.48. The van der Waals surface area contributed by atoms with Gasteiger partial charge in [-0.15, -0.1) is 11.6 Å². The van der Waals surface area contributed by atoms with Gasteiger partial charge < -0.3 is 4.90 Å². The second-order valence-electron chi connectivity index (χ2n) is 4.41. The standard InChI is InChI=1S/C14H20ClNO/c1-5-10(2)12-8-6-7-11(3)14(12)16(4)13(17)9-15/h6-8,10H,5,9H2,1-4H3. The van der Waals surface area contributed by atoms with Crippen LogP contribution in [0.5, 0.6) is 0 Å². The van der Waals surface area contributed by atoms with Gasteiger partial charge in [0, 0.05) is 12.7 Å². The summed E-state index contributed by atoms with van der Waals surface area (Å²) in [6.45, 7) is 6.36. The molecule has 0 aromatic heterocycles. The van der Waals surface area contributed by atoms with Gasteiger partial charge in [0.05, 0.1) is 0 Å². The SMILES string of the molecule is CCC(C)c1cccc(C)c1N(C)C(=O)CCl. The van der Waals surface area contributed by atoms with Crippen LogP contribution >= 0.6 is 11.6 Å². The molecule has 1 aromatic carbocycles. The number of aryl methyl sites for hydroxylation is 1. The van der Waals surface area contributed by atoms with Gasteiger partial charge in [0.1, 0.15) is 5.88 Å². The number of para-hydroxylation sites is 1. The number of amides is 1. The minimum absolute atomic E-state index is 0.0186. The van der Waals surface area contributed by atoms with Crippen LogP contribution in [0.1, 0.15) is 37.3 Å². The van der Waals surface area contributed by atoms with E-state index in [2.05, 4.69) is 19.9 Å². The zero-order chi connectivity index (χ0) is 13.0. The van der Waals surface area contributed by atoms with Crippen LogP contribution in [0.3, 0.4) is 0 Å². The first kappa shape index (κ1) is 14.0. The third-order valence-electron chi connectivity index (χ3n) is 3.24. The minimum atomic E-state index is -0.0643. The van der Waals surface area contributed by atoms with Crippen molar-refractivity contribution in [1.82, 2.24) is 0 Å². The highest BCUT2D eigenvalue weighted by Crippen LogP contribution is 2.32. The van der Waals surface area contributed by atoms with Crippen molar-refractivity contribution in [2.24, 2.45) is 0 Å². The van der Waals surface area contributed by atoms with Crippen molar-refractivity contribution in [2.45, 2.75) is 33.1 Å². The summed E-state index contributed by atoms with van der Waals surface area (Å²) in [7, 11) is 1.79. The summed E-state index contributed by atoms with van der Waals surface area (Å²) < 4.78 is 0. The second kappa shape index (κ2) is 6.06. The van der Waals surface area contributed by atoms with Crippen LogP contribution in [0.2, 0.25) is 0 Å². The molecule has 0 saturated heterocycles. The monoisotopic (exact) mass is 253 g/mol. The summed E-state index contributed by atoms with van der Waals surface area (Å²) in [5.41, 5.74) is 3.34. The molecular formula is C14H20ClNO. The van der Waals surface area contributed by atoms with E-state index < -0.39 is 0 Å². The Labute approximate surface area is 109 Å². The molecule has 0 fully saturated rings. The maximum absolute atomic E-state index is 11.7. The molecule has 0 aliphatic heterocycles. The molecule has 0 aliphatic rings. The number of nitrogens with zero attached hydrogens (tertiary/aromatic N) is 1. The van der Waals surface area contributed by atoms with E-state index in [9.17, 15) is 4.79 Å². The molecule has 0 bridgehead atoms. The van der Waals surface area contributed by atoms with Crippen molar-refractivity contribution in [2.75, 3.05) is 17.8 Å². The average Bonchev–Trinajstić information content (AvgIpc) is 2.35. The first-order chi connectivity index (χ1) is 8.02. The molecule has 3 heteroatoms. The predicted octanol–water partition coefficient (Wildman–Crippen LogP) is 3.71. The Bertz CT molecular complexity index is 403. The number of rotatable bonds is 4. The number of carbonyl (C=O) groups excluding carboxylic acids is 1. The Kier molecular flexibility index (Phi) is 5.01. The number of benzene rings is 1. The topological polar surface area (TPSA) is 20.3 Å². The molecule has 0 spiro atoms. The van der Waals surface area contributed by atoms with Crippen molar-refractivity contribution in [3.63, 3.8) is 0 Å². The van der Waals surface area contributed by atoms with E-state index >= 15 is 0 Å². The van der Waals surface area contributed by atoms with E-state index in [0.29, 0.717) is 5.92 Å². The van der Waals surface area contributed by atoms with Gasteiger partial charge in [0.2, 0.25) is 5.91 Å². The van der Waals surface area contributed by atoms with Crippen LogP contribution in [0.4, 0.5) is 5.69 Å². The zero-order valence-corrected chi connectivity index (χ0v) is 11.7. The van der Waals surface area contributed by atoms with E-state index in [1.54, 1.807) is 11.9 Å². The van der Waals surface area contributed by atoms with Crippen LogP contribution < -0.4 is 4.90 Å². The van der Waals surface area contributed by atoms with Crippen molar-refractivity contribution in [3.05, 3.63) is 29.3 Å². The summed E-state index contributed by atoms with van der Waals surface area (Å²) in [4.78, 5) is 13.4. The number of anilines is 1. The Hall–Kier alpha value is -1.02. The molecule has 1 unspecified atom stereocenters. The molecule has 0 saturated carbocycles. The lowest BCUT2D eigenvalue weighted by molar-refractivity contribution is -0.116. The van der Waals surface area contributed by atoms with Crippen LogP contribution in [0, 0.1) is 6.92 Å². The van der Waals surface area contributed by atoms with Gasteiger partial charge >= 0.3 is 0 Å². The van der Waals surface area contributed by atoms with Gasteiger partial charge in [-0.1, -0.05) is 32.0 Å². The molecular weight excluding hydrogens is 234 g/mol. The Balaban J connectivity index is 3.24. The molecule has 1 aromatic rings. The average molecular weight is 254 g/mol. The largest absolute Gasteiger partial charge is 0.314 e. The predicted molar refractivity (Wildman–Crippen MR) is 74.0 cm³/mol. The van der Waals surface area contributed by atoms with Crippen molar-refractivity contribution < 1.29 is 4.79 Å². The molecule has 0 aliphatic carbocycles. The van der Waals surface area contributed by atoms with E-state index in [1.807, 2.05) is 19.1 Å². The zero-order valence-electron chi connectivity index (χ0n) is 11.0. The summed E-state index contributed by atoms with van der Waals surface area (Å²) in [5, 5.41) is 0. The minimum Gasteiger partial charge on any atom is -0.314 e. The molecule has 0 N–H and O–H groups in total. The number of alkyl halides is 1. The first-order valence-electron chi connectivity index (χ1n) is 5.94. The van der Waals surface area contributed by atoms with Gasteiger partial charge in [-0.25, -0.2) is 0 Å². The summed E-state index contributed by atoms with van der Waals surface area (Å²) >= 11 is 5.62.